The number of rotatable bonds is 9. The molecule has 1 spiro atoms. The largest absolute Gasteiger partial charge is 0.481 e. The number of carbonyl (C=O) groups excluding carboxylic acids is 2. The summed E-state index contributed by atoms with van der Waals surface area (Å²) < 4.78 is 6.59. The maximum absolute atomic E-state index is 14.7. The molecule has 2 N–H and O–H groups in total. The molecule has 3 aliphatic heterocycles. The maximum atomic E-state index is 14.7. The second kappa shape index (κ2) is 9.71. The van der Waals surface area contributed by atoms with Gasteiger partial charge in [0.15, 0.2) is 0 Å². The van der Waals surface area contributed by atoms with Crippen LogP contribution in [0.25, 0.3) is 0 Å². The van der Waals surface area contributed by atoms with E-state index in [9.17, 15) is 24.6 Å². The topological polar surface area (TPSA) is 107 Å². The van der Waals surface area contributed by atoms with Gasteiger partial charge in [-0.25, -0.2) is 0 Å². The highest BCUT2D eigenvalue weighted by molar-refractivity contribution is 6.34. The number of aliphatic hydroxyl groups is 1. The first-order valence-corrected chi connectivity index (χ1v) is 13.3. The Labute approximate surface area is 223 Å². The molecule has 1 aromatic carbocycles. The van der Waals surface area contributed by atoms with Crippen molar-refractivity contribution in [3.63, 3.8) is 0 Å². The van der Waals surface area contributed by atoms with Crippen molar-refractivity contribution < 1.29 is 29.3 Å². The van der Waals surface area contributed by atoms with E-state index in [2.05, 4.69) is 6.58 Å². The van der Waals surface area contributed by atoms with Crippen LogP contribution in [-0.4, -0.2) is 69.3 Å². The second-order valence-corrected chi connectivity index (χ2v) is 11.5. The number of carboxylic acid groups (broad SMARTS) is 1. The van der Waals surface area contributed by atoms with Gasteiger partial charge in [-0.3, -0.25) is 14.4 Å². The van der Waals surface area contributed by atoms with Crippen LogP contribution in [0.3, 0.4) is 0 Å². The number of fused-ring (bicyclic) bond motifs is 1. The predicted molar refractivity (Wildman–Crippen MR) is 140 cm³/mol. The molecule has 0 saturated carbocycles. The number of halogens is 1. The Morgan fingerprint density at radius 3 is 2.62 bits per heavy atom. The van der Waals surface area contributed by atoms with Crippen LogP contribution in [-0.2, 0) is 19.1 Å². The van der Waals surface area contributed by atoms with E-state index in [1.54, 1.807) is 25.1 Å². The fourth-order valence-electron chi connectivity index (χ4n) is 7.04. The Bertz CT molecular complexity index is 1110. The molecule has 3 unspecified atom stereocenters. The molecule has 9 heteroatoms. The van der Waals surface area contributed by atoms with Crippen molar-refractivity contribution in [3.05, 3.63) is 41.4 Å². The van der Waals surface area contributed by atoms with Crippen LogP contribution in [0.1, 0.15) is 46.1 Å². The fraction of sp³-hybridized carbons (Fsp3) is 0.607. The summed E-state index contributed by atoms with van der Waals surface area (Å²) in [4.78, 5) is 44.3. The van der Waals surface area contributed by atoms with Crippen molar-refractivity contribution in [1.29, 1.82) is 0 Å². The van der Waals surface area contributed by atoms with Gasteiger partial charge in [0, 0.05) is 6.54 Å². The Hall–Kier alpha value is -2.42. The molecule has 8 nitrogen and oxygen atoms in total. The number of anilines is 1. The third-order valence-corrected chi connectivity index (χ3v) is 9.44. The van der Waals surface area contributed by atoms with Gasteiger partial charge in [0.25, 0.3) is 5.91 Å². The van der Waals surface area contributed by atoms with Crippen LogP contribution in [0.2, 0.25) is 5.02 Å². The molecule has 2 bridgehead atoms. The summed E-state index contributed by atoms with van der Waals surface area (Å²) in [5, 5.41) is 21.1. The molecule has 202 valence electrons. The third kappa shape index (κ3) is 3.82. The summed E-state index contributed by atoms with van der Waals surface area (Å²) in [6.07, 6.45) is 2.61. The average molecular weight is 533 g/mol. The first-order chi connectivity index (χ1) is 17.4. The highest BCUT2D eigenvalue weighted by atomic mass is 35.5. The summed E-state index contributed by atoms with van der Waals surface area (Å²) >= 11 is 6.58. The Morgan fingerprint density at radius 1 is 1.41 bits per heavy atom. The van der Waals surface area contributed by atoms with E-state index in [1.807, 2.05) is 33.8 Å². The smallest absolute Gasteiger partial charge is 0.310 e. The molecular weight excluding hydrogens is 496 g/mol. The third-order valence-electron chi connectivity index (χ3n) is 9.13. The molecule has 3 heterocycles. The summed E-state index contributed by atoms with van der Waals surface area (Å²) in [6.45, 7) is 13.0. The number of aliphatic carboxylic acids is 1. The van der Waals surface area contributed by atoms with Crippen LogP contribution >= 0.6 is 11.6 Å². The quantitative estimate of drug-likeness (QED) is 0.470. The Balaban J connectivity index is 1.94. The molecule has 2 amide bonds. The number of benzene rings is 1. The van der Waals surface area contributed by atoms with Crippen LogP contribution in [0.4, 0.5) is 5.69 Å². The van der Waals surface area contributed by atoms with Crippen molar-refractivity contribution >= 4 is 35.1 Å². The molecule has 37 heavy (non-hydrogen) atoms. The molecular formula is C28H37ClN2O6. The number of carbonyl (C=O) groups is 3. The first-order valence-electron chi connectivity index (χ1n) is 12.9. The molecule has 1 aromatic rings. The molecule has 3 aliphatic rings. The van der Waals surface area contributed by atoms with Crippen molar-refractivity contribution in [2.24, 2.45) is 23.7 Å². The normalized spacial score (nSPS) is 33.8. The lowest BCUT2D eigenvalue weighted by atomic mass is 9.62. The van der Waals surface area contributed by atoms with Gasteiger partial charge >= 0.3 is 5.97 Å². The van der Waals surface area contributed by atoms with Gasteiger partial charge in [-0.05, 0) is 43.7 Å². The Morgan fingerprint density at radius 2 is 2.08 bits per heavy atom. The molecule has 0 aromatic heterocycles. The Kier molecular flexibility index (Phi) is 7.25. The van der Waals surface area contributed by atoms with Gasteiger partial charge in [0.2, 0.25) is 5.91 Å². The minimum Gasteiger partial charge on any atom is -0.481 e. The van der Waals surface area contributed by atoms with Crippen LogP contribution < -0.4 is 4.90 Å². The highest BCUT2D eigenvalue weighted by Gasteiger charge is 2.80. The molecule has 3 saturated heterocycles. The SMILES string of the molecule is C=CCN(C(=O)C1N([C@@H](CO)[C@@H](C)CC)C(=O)[C@@H]2[C@@H](C(=O)O)[C@]3(C)OC12CC3C)c1c(C)cccc1Cl. The van der Waals surface area contributed by atoms with E-state index in [0.29, 0.717) is 23.6 Å². The zero-order valence-electron chi connectivity index (χ0n) is 22.1. The summed E-state index contributed by atoms with van der Waals surface area (Å²) in [6, 6.07) is 3.54. The molecule has 4 rings (SSSR count). The van der Waals surface area contributed by atoms with Gasteiger partial charge < -0.3 is 24.7 Å². The highest BCUT2D eigenvalue weighted by Crippen LogP contribution is 2.65. The van der Waals surface area contributed by atoms with Crippen molar-refractivity contribution in [2.45, 2.75) is 70.7 Å². The lowest BCUT2D eigenvalue weighted by Crippen LogP contribution is -2.60. The average Bonchev–Trinajstić information content (AvgIpc) is 3.35. The molecule has 0 aliphatic carbocycles. The van der Waals surface area contributed by atoms with Gasteiger partial charge in [-0.15, -0.1) is 6.58 Å². The van der Waals surface area contributed by atoms with Gasteiger partial charge in [0.05, 0.1) is 34.9 Å². The van der Waals surface area contributed by atoms with E-state index in [4.69, 9.17) is 16.3 Å². The zero-order chi connectivity index (χ0) is 27.4. The fourth-order valence-corrected chi connectivity index (χ4v) is 7.36. The number of carboxylic acids is 1. The minimum absolute atomic E-state index is 0.130. The number of para-hydroxylation sites is 1. The number of amides is 2. The first kappa shape index (κ1) is 27.6. The van der Waals surface area contributed by atoms with Crippen LogP contribution in [0.15, 0.2) is 30.9 Å². The number of ether oxygens (including phenoxy) is 1. The van der Waals surface area contributed by atoms with E-state index >= 15 is 0 Å². The molecule has 0 radical (unpaired) electrons. The van der Waals surface area contributed by atoms with Crippen molar-refractivity contribution in [1.82, 2.24) is 4.90 Å². The summed E-state index contributed by atoms with van der Waals surface area (Å²) in [5.41, 5.74) is -1.15. The lowest BCUT2D eigenvalue weighted by Gasteiger charge is -2.41. The van der Waals surface area contributed by atoms with Crippen LogP contribution in [0.5, 0.6) is 0 Å². The van der Waals surface area contributed by atoms with E-state index < -0.39 is 52.9 Å². The number of hydrogen-bond donors (Lipinski definition) is 2. The van der Waals surface area contributed by atoms with E-state index in [0.717, 1.165) is 5.56 Å². The monoisotopic (exact) mass is 532 g/mol. The summed E-state index contributed by atoms with van der Waals surface area (Å²) in [5.74, 6) is -4.45. The predicted octanol–water partition coefficient (Wildman–Crippen LogP) is 3.67. The van der Waals surface area contributed by atoms with Crippen molar-refractivity contribution in [2.75, 3.05) is 18.1 Å². The number of aryl methyl sites for hydroxylation is 1. The van der Waals surface area contributed by atoms with Crippen LogP contribution in [0, 0.1) is 30.6 Å². The van der Waals surface area contributed by atoms with Gasteiger partial charge in [-0.2, -0.15) is 0 Å². The van der Waals surface area contributed by atoms with Gasteiger partial charge in [0.1, 0.15) is 17.6 Å². The standard InChI is InChI=1S/C28H37ClN2O6/c1-7-12-30(22-16(4)10-9-11-18(22)29)25(34)23-28-13-17(5)27(6,37-28)21(26(35)36)20(28)24(33)31(23)19(14-32)15(3)8-2/h7,9-11,15,17,19-21,23,32H,1,8,12-14H2,2-6H3,(H,35,36)/t15-,17?,19-,20-,21-,23?,27+,28?/m0/s1. The number of nitrogens with zero attached hydrogens (tertiary/aromatic N) is 2. The number of hydrogen-bond acceptors (Lipinski definition) is 5. The minimum atomic E-state index is -1.33. The molecule has 8 atom stereocenters. The zero-order valence-corrected chi connectivity index (χ0v) is 22.9. The number of aliphatic hydroxyl groups excluding tert-OH is 1. The van der Waals surface area contributed by atoms with E-state index in [-0.39, 0.29) is 25.0 Å². The number of likely N-dealkylation sites (tertiary alicyclic amines) is 1. The second-order valence-electron chi connectivity index (χ2n) is 11.1. The lowest BCUT2D eigenvalue weighted by molar-refractivity contribution is -0.158. The van der Waals surface area contributed by atoms with E-state index in [1.165, 1.54) is 9.80 Å². The summed E-state index contributed by atoms with van der Waals surface area (Å²) in [7, 11) is 0. The van der Waals surface area contributed by atoms with Crippen molar-refractivity contribution in [3.8, 4) is 0 Å². The van der Waals surface area contributed by atoms with Gasteiger partial charge in [-0.1, -0.05) is 57.0 Å². The molecule has 3 fully saturated rings. The maximum Gasteiger partial charge on any atom is 0.310 e.